The number of benzene rings is 2. The van der Waals surface area contributed by atoms with Crippen LogP contribution >= 0.6 is 0 Å². The first-order valence-electron chi connectivity index (χ1n) is 11.3. The summed E-state index contributed by atoms with van der Waals surface area (Å²) in [4.78, 5) is 26.4. The zero-order chi connectivity index (χ0) is 25.4. The highest BCUT2D eigenvalue weighted by molar-refractivity contribution is 5.87. The van der Waals surface area contributed by atoms with E-state index in [2.05, 4.69) is 5.32 Å². The van der Waals surface area contributed by atoms with Gasteiger partial charge in [-0.15, -0.1) is 0 Å². The van der Waals surface area contributed by atoms with Crippen LogP contribution in [0.25, 0.3) is 0 Å². The first-order chi connectivity index (χ1) is 16.5. The van der Waals surface area contributed by atoms with Crippen LogP contribution in [-0.4, -0.2) is 54.7 Å². The van der Waals surface area contributed by atoms with Crippen LogP contribution in [-0.2, 0) is 15.2 Å². The summed E-state index contributed by atoms with van der Waals surface area (Å²) in [5.74, 6) is -2.53. The van der Waals surface area contributed by atoms with Gasteiger partial charge in [0.25, 0.3) is 11.5 Å². The fraction of sp³-hybridized carbons (Fsp3) is 0.440. The monoisotopic (exact) mass is 494 g/mol. The highest BCUT2D eigenvalue weighted by atomic mass is 19.4. The molecule has 2 saturated heterocycles. The summed E-state index contributed by atoms with van der Waals surface area (Å²) in [5.41, 5.74) is -4.39. The molecule has 35 heavy (non-hydrogen) atoms. The first-order valence-corrected chi connectivity index (χ1v) is 11.3. The Morgan fingerprint density at radius 3 is 2.37 bits per heavy atom. The van der Waals surface area contributed by atoms with Crippen LogP contribution in [0.4, 0.5) is 17.6 Å². The Morgan fingerprint density at radius 1 is 1.11 bits per heavy atom. The highest BCUT2D eigenvalue weighted by Gasteiger charge is 2.62. The van der Waals surface area contributed by atoms with Gasteiger partial charge >= 0.3 is 6.18 Å². The van der Waals surface area contributed by atoms with E-state index in [1.807, 2.05) is 0 Å². The van der Waals surface area contributed by atoms with Gasteiger partial charge in [0.1, 0.15) is 0 Å². The molecule has 4 rings (SSSR count). The molecule has 0 aliphatic carbocycles. The van der Waals surface area contributed by atoms with Gasteiger partial charge in [0.15, 0.2) is 11.6 Å². The fourth-order valence-electron chi connectivity index (χ4n) is 5.39. The topological polar surface area (TPSA) is 78.9 Å². The molecular weight excluding hydrogens is 468 g/mol. The third kappa shape index (κ3) is 4.24. The van der Waals surface area contributed by atoms with Gasteiger partial charge in [0.2, 0.25) is 5.91 Å². The molecule has 0 radical (unpaired) electrons. The molecule has 188 valence electrons. The average molecular weight is 494 g/mol. The second-order valence-corrected chi connectivity index (χ2v) is 9.12. The second-order valence-electron chi connectivity index (χ2n) is 9.12. The number of nitrogens with one attached hydrogen (secondary N) is 1. The fourth-order valence-corrected chi connectivity index (χ4v) is 5.39. The van der Waals surface area contributed by atoms with E-state index in [0.29, 0.717) is 5.56 Å². The number of halogens is 4. The number of carbonyl (C=O) groups is 2. The van der Waals surface area contributed by atoms with Crippen LogP contribution in [0.15, 0.2) is 48.5 Å². The largest absolute Gasteiger partial charge is 0.493 e. The lowest BCUT2D eigenvalue weighted by molar-refractivity contribution is -0.262. The molecule has 0 aromatic heterocycles. The van der Waals surface area contributed by atoms with Crippen molar-refractivity contribution in [2.24, 2.45) is 5.41 Å². The van der Waals surface area contributed by atoms with Gasteiger partial charge in [-0.3, -0.25) is 9.59 Å². The predicted molar refractivity (Wildman–Crippen MR) is 118 cm³/mol. The number of methoxy groups -OCH3 is 1. The second kappa shape index (κ2) is 9.14. The number of nitrogens with zero attached hydrogens (tertiary/aromatic N) is 1. The molecular formula is C25H26F4N2O4. The zero-order valence-corrected chi connectivity index (χ0v) is 19.1. The summed E-state index contributed by atoms with van der Waals surface area (Å²) in [7, 11) is 1.35. The number of likely N-dealkylation sites (tertiary alicyclic amines) is 1. The lowest BCUT2D eigenvalue weighted by atomic mass is 9.62. The number of alkyl halides is 3. The quantitative estimate of drug-likeness (QED) is 0.638. The minimum Gasteiger partial charge on any atom is -0.493 e. The maximum absolute atomic E-state index is 14.4. The van der Waals surface area contributed by atoms with Crippen molar-refractivity contribution in [3.63, 3.8) is 0 Å². The van der Waals surface area contributed by atoms with Gasteiger partial charge in [-0.2, -0.15) is 13.2 Å². The molecule has 6 nitrogen and oxygen atoms in total. The number of amides is 2. The van der Waals surface area contributed by atoms with Crippen molar-refractivity contribution in [3.8, 4) is 5.75 Å². The highest BCUT2D eigenvalue weighted by Crippen LogP contribution is 2.51. The minimum atomic E-state index is -5.23. The lowest BCUT2D eigenvalue weighted by Crippen LogP contribution is -2.59. The van der Waals surface area contributed by atoms with Crippen LogP contribution in [0, 0.1) is 11.2 Å². The van der Waals surface area contributed by atoms with Crippen molar-refractivity contribution < 1.29 is 37.0 Å². The molecule has 1 spiro atoms. The number of aliphatic hydroxyl groups is 1. The Bertz CT molecular complexity index is 1100. The molecule has 0 saturated carbocycles. The normalized spacial score (nSPS) is 21.8. The van der Waals surface area contributed by atoms with Gasteiger partial charge in [-0.25, -0.2) is 4.39 Å². The number of rotatable bonds is 4. The molecule has 2 aliphatic rings. The molecule has 2 aromatic carbocycles. The third-order valence-corrected chi connectivity index (χ3v) is 7.29. The average Bonchev–Trinajstić information content (AvgIpc) is 2.83. The Kier molecular flexibility index (Phi) is 6.52. The molecule has 2 N–H and O–H groups in total. The van der Waals surface area contributed by atoms with E-state index in [4.69, 9.17) is 4.74 Å². The summed E-state index contributed by atoms with van der Waals surface area (Å²) in [6, 6.07) is 10.8. The summed E-state index contributed by atoms with van der Waals surface area (Å²) >= 11 is 0. The number of piperidine rings is 2. The third-order valence-electron chi connectivity index (χ3n) is 7.29. The summed E-state index contributed by atoms with van der Waals surface area (Å²) in [6.45, 7) is 0.0278. The van der Waals surface area contributed by atoms with Crippen molar-refractivity contribution in [3.05, 3.63) is 65.5 Å². The van der Waals surface area contributed by atoms with E-state index in [0.717, 1.165) is 17.0 Å². The molecule has 0 bridgehead atoms. The number of para-hydroxylation sites is 1. The van der Waals surface area contributed by atoms with E-state index < -0.39 is 34.5 Å². The standard InChI is InChI=1S/C25H26F4N2O4/c1-35-21-17(8-5-9-19(21)26)18-15-30-20(32)14-23(18)10-12-31(13-11-23)22(33)24(34,25(27,28)29)16-6-3-2-4-7-16/h2-9,18,34H,10-15H2,1H3,(H,30,32)/t18?,24-/m1/s1. The van der Waals surface area contributed by atoms with E-state index in [1.54, 1.807) is 12.1 Å². The number of ether oxygens (including phenoxy) is 1. The molecule has 2 aromatic rings. The Labute approximate surface area is 199 Å². The Hall–Kier alpha value is -3.14. The number of carbonyl (C=O) groups excluding carboxylic acids is 2. The molecule has 2 amide bonds. The van der Waals surface area contributed by atoms with Crippen LogP contribution in [0.1, 0.15) is 36.3 Å². The lowest BCUT2D eigenvalue weighted by Gasteiger charge is -2.50. The van der Waals surface area contributed by atoms with Crippen molar-refractivity contribution in [1.29, 1.82) is 0 Å². The maximum Gasteiger partial charge on any atom is 0.430 e. The SMILES string of the molecule is COc1c(F)cccc1C1CNC(=O)CC12CCN(C(=O)[C@](O)(c1ccccc1)C(F)(F)F)CC2. The van der Waals surface area contributed by atoms with Crippen LogP contribution in [0.3, 0.4) is 0 Å². The van der Waals surface area contributed by atoms with Gasteiger partial charge in [0, 0.05) is 43.1 Å². The van der Waals surface area contributed by atoms with Gasteiger partial charge < -0.3 is 20.1 Å². The zero-order valence-electron chi connectivity index (χ0n) is 19.1. The van der Waals surface area contributed by atoms with E-state index in [1.165, 1.54) is 31.4 Å². The number of hydrogen-bond donors (Lipinski definition) is 2. The van der Waals surface area contributed by atoms with Gasteiger partial charge in [-0.05, 0) is 24.3 Å². The predicted octanol–water partition coefficient (Wildman–Crippen LogP) is 3.50. The Balaban J connectivity index is 1.63. The molecule has 1 unspecified atom stereocenters. The summed E-state index contributed by atoms with van der Waals surface area (Å²) in [6.07, 6.45) is -4.73. The molecule has 2 fully saturated rings. The summed E-state index contributed by atoms with van der Waals surface area (Å²) < 4.78 is 61.7. The molecule has 2 aliphatic heterocycles. The molecule has 2 heterocycles. The number of hydrogen-bond acceptors (Lipinski definition) is 4. The van der Waals surface area contributed by atoms with Crippen molar-refractivity contribution in [2.75, 3.05) is 26.7 Å². The molecule has 10 heteroatoms. The van der Waals surface area contributed by atoms with Crippen molar-refractivity contribution in [2.45, 2.75) is 37.0 Å². The minimum absolute atomic E-state index is 0.0575. The van der Waals surface area contributed by atoms with E-state index >= 15 is 0 Å². The Morgan fingerprint density at radius 2 is 1.77 bits per heavy atom. The van der Waals surface area contributed by atoms with Gasteiger partial charge in [0.05, 0.1) is 7.11 Å². The summed E-state index contributed by atoms with van der Waals surface area (Å²) in [5, 5.41) is 13.5. The van der Waals surface area contributed by atoms with E-state index in [9.17, 15) is 32.3 Å². The first kappa shape index (κ1) is 25.0. The smallest absolute Gasteiger partial charge is 0.430 e. The maximum atomic E-state index is 14.4. The van der Waals surface area contributed by atoms with Crippen molar-refractivity contribution in [1.82, 2.24) is 10.2 Å². The van der Waals surface area contributed by atoms with Crippen LogP contribution < -0.4 is 10.1 Å². The van der Waals surface area contributed by atoms with Crippen molar-refractivity contribution >= 4 is 11.8 Å². The molecule has 2 atom stereocenters. The van der Waals surface area contributed by atoms with E-state index in [-0.39, 0.29) is 56.5 Å². The van der Waals surface area contributed by atoms with Crippen LogP contribution in [0.5, 0.6) is 5.75 Å². The van der Waals surface area contributed by atoms with Gasteiger partial charge in [-0.1, -0.05) is 42.5 Å². The van der Waals surface area contributed by atoms with Crippen LogP contribution in [0.2, 0.25) is 0 Å².